The van der Waals surface area contributed by atoms with Gasteiger partial charge in [-0.25, -0.2) is 0 Å². The van der Waals surface area contributed by atoms with E-state index >= 15 is 0 Å². The number of hydrogen-bond acceptors (Lipinski definition) is 3. The maximum atomic E-state index is 13.6. The highest BCUT2D eigenvalue weighted by atomic mass is 16.1. The lowest BCUT2D eigenvalue weighted by Gasteiger charge is -2.29. The fourth-order valence-corrected chi connectivity index (χ4v) is 5.95. The number of ketones is 1. The number of unbranched alkanes of at least 4 members (excludes halogenated alkanes) is 1. The summed E-state index contributed by atoms with van der Waals surface area (Å²) in [6.07, 6.45) is 19.2. The Morgan fingerprint density at radius 2 is 1.93 bits per heavy atom. The van der Waals surface area contributed by atoms with Crippen LogP contribution in [0.2, 0.25) is 0 Å². The molecule has 0 aliphatic heterocycles. The third-order valence-corrected chi connectivity index (χ3v) is 7.93. The molecule has 0 aromatic carbocycles. The van der Waals surface area contributed by atoms with Gasteiger partial charge >= 0.3 is 0 Å². The zero-order valence-electron chi connectivity index (χ0n) is 18.8. The molecule has 3 N–H and O–H groups in total. The van der Waals surface area contributed by atoms with Crippen molar-refractivity contribution in [3.05, 3.63) is 23.3 Å². The Labute approximate surface area is 178 Å². The average Bonchev–Trinajstić information content (AvgIpc) is 3.12. The second-order valence-electron chi connectivity index (χ2n) is 10.1. The lowest BCUT2D eigenvalue weighted by molar-refractivity contribution is -0.122. The van der Waals surface area contributed by atoms with Gasteiger partial charge < -0.3 is 11.1 Å². The molecule has 0 heterocycles. The van der Waals surface area contributed by atoms with Crippen molar-refractivity contribution in [1.82, 2.24) is 0 Å². The Morgan fingerprint density at radius 3 is 2.55 bits per heavy atom. The Kier molecular flexibility index (Phi) is 7.90. The molecular formula is C26H42N2O. The molecule has 0 bridgehead atoms. The van der Waals surface area contributed by atoms with Crippen LogP contribution in [0.15, 0.2) is 23.3 Å². The number of allylic oxidation sites excluding steroid dienone is 4. The molecule has 3 aliphatic rings. The maximum Gasteiger partial charge on any atom is 0.165 e. The van der Waals surface area contributed by atoms with E-state index in [0.29, 0.717) is 23.5 Å². The van der Waals surface area contributed by atoms with Gasteiger partial charge in [-0.15, -0.1) is 0 Å². The molecule has 0 spiro atoms. The predicted molar refractivity (Wildman–Crippen MR) is 122 cm³/mol. The molecule has 0 aromatic rings. The minimum absolute atomic E-state index is 0.282. The molecule has 0 saturated heterocycles. The molecule has 162 valence electrons. The fourth-order valence-electron chi connectivity index (χ4n) is 5.95. The number of hydrogen-bond donors (Lipinski definition) is 2. The first-order valence-electron chi connectivity index (χ1n) is 12.2. The molecule has 3 nitrogen and oxygen atoms in total. The largest absolute Gasteiger partial charge is 0.330 e. The topological polar surface area (TPSA) is 66.9 Å². The zero-order chi connectivity index (χ0) is 20.9. The van der Waals surface area contributed by atoms with Gasteiger partial charge in [0.2, 0.25) is 0 Å². The highest BCUT2D eigenvalue weighted by molar-refractivity contribution is 6.05. The molecule has 0 radical (unpaired) electrons. The van der Waals surface area contributed by atoms with Gasteiger partial charge in [0.05, 0.1) is 5.41 Å². The van der Waals surface area contributed by atoms with E-state index in [4.69, 9.17) is 11.1 Å². The van der Waals surface area contributed by atoms with Crippen LogP contribution < -0.4 is 5.73 Å². The summed E-state index contributed by atoms with van der Waals surface area (Å²) in [5.74, 6) is 2.19. The zero-order valence-corrected chi connectivity index (χ0v) is 18.8. The standard InChI is InChI=1S/C26H42N2O/c1-3-4-13-26(16-22-7-5-6-8-23(22)17-26)25(29)15-24(19(2)28)14-20-9-11-21(18-27)12-10-20/h15-16,20-21,23,28H,3-14,17-18,27H2,1-2H3. The van der Waals surface area contributed by atoms with E-state index in [0.717, 1.165) is 44.2 Å². The molecule has 0 amide bonds. The number of nitrogens with one attached hydrogen (secondary N) is 1. The molecule has 3 rings (SSSR count). The van der Waals surface area contributed by atoms with Gasteiger partial charge in [0.15, 0.2) is 5.78 Å². The SMILES string of the molecule is CCCCC1(C(=O)C=C(CC2CCC(CN)CC2)C(C)=N)C=C2CCCCC2C1. The summed E-state index contributed by atoms with van der Waals surface area (Å²) < 4.78 is 0. The van der Waals surface area contributed by atoms with Crippen LogP contribution >= 0.6 is 0 Å². The molecule has 2 fully saturated rings. The van der Waals surface area contributed by atoms with E-state index in [1.54, 1.807) is 5.57 Å². The summed E-state index contributed by atoms with van der Waals surface area (Å²) in [4.78, 5) is 13.6. The summed E-state index contributed by atoms with van der Waals surface area (Å²) in [7, 11) is 0. The lowest BCUT2D eigenvalue weighted by Crippen LogP contribution is -2.28. The van der Waals surface area contributed by atoms with Crippen LogP contribution in [-0.4, -0.2) is 18.0 Å². The summed E-state index contributed by atoms with van der Waals surface area (Å²) in [6.45, 7) is 4.87. The van der Waals surface area contributed by atoms with E-state index in [2.05, 4.69) is 13.0 Å². The first kappa shape index (κ1) is 22.5. The highest BCUT2D eigenvalue weighted by Crippen LogP contribution is 2.50. The number of fused-ring (bicyclic) bond motifs is 1. The fraction of sp³-hybridized carbons (Fsp3) is 0.769. The van der Waals surface area contributed by atoms with Crippen molar-refractivity contribution in [2.24, 2.45) is 28.9 Å². The first-order chi connectivity index (χ1) is 14.0. The Hall–Kier alpha value is -1.22. The smallest absolute Gasteiger partial charge is 0.165 e. The first-order valence-corrected chi connectivity index (χ1v) is 12.2. The number of carbonyl (C=O) groups is 1. The van der Waals surface area contributed by atoms with Crippen LogP contribution in [0.3, 0.4) is 0 Å². The van der Waals surface area contributed by atoms with Crippen LogP contribution in [0.5, 0.6) is 0 Å². The summed E-state index contributed by atoms with van der Waals surface area (Å²) in [6, 6.07) is 0. The van der Waals surface area contributed by atoms with Crippen LogP contribution in [0.1, 0.15) is 97.3 Å². The van der Waals surface area contributed by atoms with Gasteiger partial charge in [0.1, 0.15) is 0 Å². The number of nitrogens with two attached hydrogens (primary N) is 1. The van der Waals surface area contributed by atoms with Crippen molar-refractivity contribution in [3.63, 3.8) is 0 Å². The lowest BCUT2D eigenvalue weighted by atomic mass is 9.74. The number of rotatable bonds is 9. The summed E-state index contributed by atoms with van der Waals surface area (Å²) in [5, 5.41) is 8.32. The average molecular weight is 399 g/mol. The van der Waals surface area contributed by atoms with Gasteiger partial charge in [-0.05, 0) is 107 Å². The quantitative estimate of drug-likeness (QED) is 0.269. The van der Waals surface area contributed by atoms with E-state index in [-0.39, 0.29) is 11.2 Å². The second kappa shape index (κ2) is 10.2. The molecule has 3 heteroatoms. The van der Waals surface area contributed by atoms with E-state index < -0.39 is 0 Å². The third-order valence-electron chi connectivity index (χ3n) is 7.93. The Balaban J connectivity index is 1.75. The van der Waals surface area contributed by atoms with Crippen LogP contribution in [-0.2, 0) is 4.79 Å². The summed E-state index contributed by atoms with van der Waals surface area (Å²) in [5.41, 5.74) is 8.67. The number of carbonyl (C=O) groups excluding carboxylic acids is 1. The van der Waals surface area contributed by atoms with E-state index in [1.807, 2.05) is 13.0 Å². The monoisotopic (exact) mass is 398 g/mol. The van der Waals surface area contributed by atoms with Crippen molar-refractivity contribution in [2.45, 2.75) is 97.3 Å². The minimum Gasteiger partial charge on any atom is -0.330 e. The van der Waals surface area contributed by atoms with Crippen molar-refractivity contribution >= 4 is 11.5 Å². The predicted octanol–water partition coefficient (Wildman–Crippen LogP) is 6.37. The van der Waals surface area contributed by atoms with Crippen LogP contribution in [0.4, 0.5) is 0 Å². The third kappa shape index (κ3) is 5.48. The molecule has 2 atom stereocenters. The second-order valence-corrected chi connectivity index (χ2v) is 10.1. The Morgan fingerprint density at radius 1 is 1.21 bits per heavy atom. The van der Waals surface area contributed by atoms with Gasteiger partial charge in [-0.3, -0.25) is 4.79 Å². The van der Waals surface area contributed by atoms with E-state index in [9.17, 15) is 4.79 Å². The van der Waals surface area contributed by atoms with Crippen LogP contribution in [0, 0.1) is 28.6 Å². The molecule has 29 heavy (non-hydrogen) atoms. The molecule has 0 aromatic heterocycles. The van der Waals surface area contributed by atoms with Gasteiger partial charge in [0.25, 0.3) is 0 Å². The van der Waals surface area contributed by atoms with Crippen LogP contribution in [0.25, 0.3) is 0 Å². The molecule has 2 saturated carbocycles. The maximum absolute atomic E-state index is 13.6. The highest BCUT2D eigenvalue weighted by Gasteiger charge is 2.43. The van der Waals surface area contributed by atoms with Gasteiger partial charge in [-0.1, -0.05) is 37.8 Å². The summed E-state index contributed by atoms with van der Waals surface area (Å²) >= 11 is 0. The minimum atomic E-state index is -0.293. The van der Waals surface area contributed by atoms with Crippen molar-refractivity contribution in [3.8, 4) is 0 Å². The Bertz CT molecular complexity index is 654. The molecular weight excluding hydrogens is 356 g/mol. The van der Waals surface area contributed by atoms with E-state index in [1.165, 1.54) is 51.4 Å². The van der Waals surface area contributed by atoms with Crippen molar-refractivity contribution < 1.29 is 4.79 Å². The van der Waals surface area contributed by atoms with Gasteiger partial charge in [0, 0.05) is 5.71 Å². The van der Waals surface area contributed by atoms with Crippen molar-refractivity contribution in [2.75, 3.05) is 6.54 Å². The molecule has 3 aliphatic carbocycles. The molecule has 2 unspecified atom stereocenters. The van der Waals surface area contributed by atoms with Gasteiger partial charge in [-0.2, -0.15) is 0 Å². The van der Waals surface area contributed by atoms with Crippen molar-refractivity contribution in [1.29, 1.82) is 5.41 Å². The normalized spacial score (nSPS) is 32.6.